The van der Waals surface area contributed by atoms with E-state index >= 15 is 0 Å². The van der Waals surface area contributed by atoms with Gasteiger partial charge in [-0.2, -0.15) is 0 Å². The molecule has 0 aromatic heterocycles. The van der Waals surface area contributed by atoms with Crippen molar-refractivity contribution in [3.05, 3.63) is 0 Å². The molecule has 1 nitrogen and oxygen atoms in total. The minimum atomic E-state index is 1.39. The van der Waals surface area contributed by atoms with E-state index in [1.54, 1.807) is 0 Å². The molecule has 0 atom stereocenters. The summed E-state index contributed by atoms with van der Waals surface area (Å²) < 4.78 is 0. The molecule has 0 aromatic rings. The van der Waals surface area contributed by atoms with Gasteiger partial charge in [-0.3, -0.25) is 0 Å². The summed E-state index contributed by atoms with van der Waals surface area (Å²) in [7, 11) is 1.39. The van der Waals surface area contributed by atoms with Gasteiger partial charge in [-0.1, -0.05) is 0 Å². The van der Waals surface area contributed by atoms with Crippen molar-refractivity contribution in [2.75, 3.05) is 0 Å². The van der Waals surface area contributed by atoms with E-state index in [9.17, 15) is 0 Å². The number of hydrogen-bond donors (Lipinski definition) is 0. The van der Waals surface area contributed by atoms with E-state index in [2.05, 4.69) is 18.1 Å². The molecular formula is C2H4BN. The second-order valence-electron chi connectivity index (χ2n) is 0.365. The first-order chi connectivity index (χ1) is 1.91. The number of rotatable bonds is 1. The summed E-state index contributed by atoms with van der Waals surface area (Å²) >= 11 is 0. The fraction of sp³-hybridized carbons (Fsp3) is 0. The van der Waals surface area contributed by atoms with Gasteiger partial charge in [0.25, 0.3) is 0 Å². The van der Waals surface area contributed by atoms with Crippen molar-refractivity contribution in [3.8, 4) is 0 Å². The monoisotopic (exact) mass is 53.0 g/mol. The molecule has 0 N–H and O–H groups in total. The predicted octanol–water partition coefficient (Wildman–Crippen LogP) is -0.262. The van der Waals surface area contributed by atoms with Gasteiger partial charge in [0.1, 0.15) is 0 Å². The van der Waals surface area contributed by atoms with Crippen molar-refractivity contribution in [2.45, 2.75) is 0 Å². The van der Waals surface area contributed by atoms with Gasteiger partial charge in [0.05, 0.1) is 0 Å². The van der Waals surface area contributed by atoms with Crippen LogP contribution < -0.4 is 0 Å². The molecule has 0 aliphatic rings. The summed E-state index contributed by atoms with van der Waals surface area (Å²) in [6, 6.07) is 0. The Hall–Kier alpha value is -0.395. The Balaban J connectivity index is 2.73. The predicted molar refractivity (Wildman–Crippen MR) is 22.4 cm³/mol. The van der Waals surface area contributed by atoms with Crippen molar-refractivity contribution in [1.82, 2.24) is 0 Å². The van der Waals surface area contributed by atoms with Gasteiger partial charge >= 0.3 is 25.1 Å². The molecule has 0 heterocycles. The van der Waals surface area contributed by atoms with E-state index < -0.39 is 0 Å². The van der Waals surface area contributed by atoms with Crippen LogP contribution in [0.25, 0.3) is 0 Å². The van der Waals surface area contributed by atoms with Gasteiger partial charge in [0.2, 0.25) is 0 Å². The van der Waals surface area contributed by atoms with Crippen molar-refractivity contribution < 1.29 is 0 Å². The van der Waals surface area contributed by atoms with Crippen LogP contribution in [0.15, 0.2) is 4.90 Å². The van der Waals surface area contributed by atoms with Gasteiger partial charge in [-0.25, -0.2) is 0 Å². The zero-order chi connectivity index (χ0) is 3.41. The van der Waals surface area contributed by atoms with Crippen LogP contribution in [-0.2, 0) is 0 Å². The summed E-state index contributed by atoms with van der Waals surface area (Å²) in [5.41, 5.74) is 0. The van der Waals surface area contributed by atoms with Gasteiger partial charge < -0.3 is 0 Å². The van der Waals surface area contributed by atoms with Crippen molar-refractivity contribution in [1.29, 1.82) is 0 Å². The molecule has 0 unspecified atom stereocenters. The van der Waals surface area contributed by atoms with Crippen molar-refractivity contribution >= 4 is 20.2 Å². The summed E-state index contributed by atoms with van der Waals surface area (Å²) in [6.07, 6.45) is 0. The van der Waals surface area contributed by atoms with E-state index in [1.807, 2.05) is 0 Å². The van der Waals surface area contributed by atoms with Crippen LogP contribution in [0.4, 0.5) is 0 Å². The van der Waals surface area contributed by atoms with Crippen LogP contribution in [0.3, 0.4) is 0 Å². The molecule has 0 radical (unpaired) electrons. The Bertz CT molecular complexity index is 27.0. The quantitative estimate of drug-likeness (QED) is 0.288. The van der Waals surface area contributed by atoms with E-state index in [-0.39, 0.29) is 0 Å². The summed E-state index contributed by atoms with van der Waals surface area (Å²) in [6.45, 7) is 6.36. The molecule has 0 fully saturated rings. The van der Waals surface area contributed by atoms with Crippen LogP contribution in [0.2, 0.25) is 0 Å². The third-order valence-electron chi connectivity index (χ3n) is 0.129. The van der Waals surface area contributed by atoms with Gasteiger partial charge in [-0.15, -0.1) is 0 Å². The van der Waals surface area contributed by atoms with Gasteiger partial charge in [0, 0.05) is 0 Å². The van der Waals surface area contributed by atoms with Crippen molar-refractivity contribution in [3.63, 3.8) is 0 Å². The molecule has 0 saturated heterocycles. The minimum absolute atomic E-state index is 1.39. The van der Waals surface area contributed by atoms with E-state index in [4.69, 9.17) is 0 Å². The maximum absolute atomic E-state index is 3.25. The Morgan fingerprint density at radius 1 is 1.75 bits per heavy atom. The molecule has 0 saturated carbocycles. The summed E-state index contributed by atoms with van der Waals surface area (Å²) in [5, 5.41) is 0. The fourth-order valence-corrected chi connectivity index (χ4v) is 0. The van der Waals surface area contributed by atoms with Crippen molar-refractivity contribution in [2.24, 2.45) is 4.90 Å². The van der Waals surface area contributed by atoms with Crippen LogP contribution in [0.5, 0.6) is 0 Å². The normalized spacial score (nSPS) is 4.00. The third-order valence-corrected chi connectivity index (χ3v) is 0.129. The average Bonchev–Trinajstić information content (AvgIpc) is 1.37. The topological polar surface area (TPSA) is 12.4 Å². The molecule has 0 amide bonds. The maximum atomic E-state index is 3.25. The van der Waals surface area contributed by atoms with Gasteiger partial charge in [0.15, 0.2) is 0 Å². The molecule has 0 aliphatic carbocycles. The Morgan fingerprint density at radius 3 is 2.00 bits per heavy atom. The Kier molecular flexibility index (Phi) is 2.35. The molecular weight excluding hydrogens is 48.8 g/mol. The standard InChI is InChI=1S/C2H4BN/c1-3-4-2/h1-2H2. The first-order valence-electron chi connectivity index (χ1n) is 0.983. The first kappa shape index (κ1) is 3.60. The summed E-state index contributed by atoms with van der Waals surface area (Å²) in [4.78, 5) is 3.25. The second-order valence-corrected chi connectivity index (χ2v) is 0.365. The molecule has 0 spiro atoms. The zero-order valence-electron chi connectivity index (χ0n) is 2.44. The van der Waals surface area contributed by atoms with E-state index in [0.717, 1.165) is 0 Å². The van der Waals surface area contributed by atoms with Gasteiger partial charge in [-0.05, 0) is 0 Å². The number of hydrogen-bond acceptors (Lipinski definition) is 1. The average molecular weight is 52.9 g/mol. The van der Waals surface area contributed by atoms with E-state index in [0.29, 0.717) is 0 Å². The summed E-state index contributed by atoms with van der Waals surface area (Å²) in [5.74, 6) is 0. The SMILES string of the molecule is C=BN=C. The molecule has 0 aliphatic heterocycles. The molecule has 2 heteroatoms. The molecule has 0 bridgehead atoms. The van der Waals surface area contributed by atoms with Crippen LogP contribution in [-0.4, -0.2) is 20.2 Å². The second kappa shape index (κ2) is 2.60. The molecule has 20 valence electrons. The van der Waals surface area contributed by atoms with Crippen LogP contribution in [0.1, 0.15) is 0 Å². The van der Waals surface area contributed by atoms with Crippen LogP contribution in [0, 0.1) is 0 Å². The number of nitrogens with zero attached hydrogens (tertiary/aromatic N) is 1. The van der Waals surface area contributed by atoms with E-state index in [1.165, 1.54) is 7.06 Å². The molecule has 0 aromatic carbocycles. The first-order valence-corrected chi connectivity index (χ1v) is 0.983. The Labute approximate surface area is 26.3 Å². The third kappa shape index (κ3) is 1.60. The Morgan fingerprint density at radius 2 is 2.00 bits per heavy atom. The molecule has 0 rings (SSSR count). The van der Waals surface area contributed by atoms with Crippen LogP contribution >= 0.6 is 0 Å². The zero-order valence-corrected chi connectivity index (χ0v) is 2.44. The molecule has 4 heavy (non-hydrogen) atoms. The fourth-order valence-electron chi connectivity index (χ4n) is 0.